The molecule has 0 bridgehead atoms. The van der Waals surface area contributed by atoms with Crippen LogP contribution in [-0.4, -0.2) is 47.5 Å². The van der Waals surface area contributed by atoms with Gasteiger partial charge in [-0.05, 0) is 25.5 Å². The molecule has 1 heterocycles. The first-order valence-corrected chi connectivity index (χ1v) is 7.78. The molecule has 100 valence electrons. The average molecular weight is 259 g/mol. The zero-order chi connectivity index (χ0) is 12.5. The lowest BCUT2D eigenvalue weighted by Gasteiger charge is -2.52. The number of hydrogen-bond acceptors (Lipinski definition) is 4. The number of nitrogens with one attached hydrogen (secondary N) is 1. The Bertz CT molecular complexity index is 264. The van der Waals surface area contributed by atoms with Crippen molar-refractivity contribution in [2.24, 2.45) is 5.41 Å². The van der Waals surface area contributed by atoms with Crippen molar-refractivity contribution in [3.63, 3.8) is 0 Å². The van der Waals surface area contributed by atoms with E-state index in [1.165, 1.54) is 0 Å². The van der Waals surface area contributed by atoms with Crippen molar-refractivity contribution in [3.8, 4) is 0 Å². The second-order valence-electron chi connectivity index (χ2n) is 5.96. The van der Waals surface area contributed by atoms with Gasteiger partial charge in [-0.25, -0.2) is 0 Å². The minimum absolute atomic E-state index is 0.193. The van der Waals surface area contributed by atoms with Crippen LogP contribution in [0.25, 0.3) is 0 Å². The standard InChI is InChI=1S/C13H25NO2S/c1-4-16-11-7-10(12(11,2)3)14-8-13(15)5-6-17-9-13/h10-11,14-15H,4-9H2,1-3H3. The van der Waals surface area contributed by atoms with E-state index in [0.717, 1.165) is 37.5 Å². The maximum atomic E-state index is 10.3. The summed E-state index contributed by atoms with van der Waals surface area (Å²) in [6, 6.07) is 0.480. The molecule has 4 heteroatoms. The Labute approximate surface area is 109 Å². The lowest BCUT2D eigenvalue weighted by Crippen LogP contribution is -2.62. The first kappa shape index (κ1) is 13.7. The van der Waals surface area contributed by atoms with Crippen LogP contribution in [0.1, 0.15) is 33.6 Å². The Kier molecular flexibility index (Phi) is 4.08. The van der Waals surface area contributed by atoms with E-state index in [4.69, 9.17) is 4.74 Å². The van der Waals surface area contributed by atoms with Crippen LogP contribution in [-0.2, 0) is 4.74 Å². The van der Waals surface area contributed by atoms with Crippen LogP contribution >= 0.6 is 11.8 Å². The quantitative estimate of drug-likeness (QED) is 0.788. The predicted molar refractivity (Wildman–Crippen MR) is 72.5 cm³/mol. The molecule has 1 aliphatic heterocycles. The summed E-state index contributed by atoms with van der Waals surface area (Å²) in [6.45, 7) is 8.08. The average Bonchev–Trinajstić information content (AvgIpc) is 2.70. The maximum absolute atomic E-state index is 10.3. The van der Waals surface area contributed by atoms with Gasteiger partial charge in [0.25, 0.3) is 0 Å². The van der Waals surface area contributed by atoms with Crippen molar-refractivity contribution >= 4 is 11.8 Å². The molecule has 17 heavy (non-hydrogen) atoms. The van der Waals surface area contributed by atoms with Crippen LogP contribution in [0.15, 0.2) is 0 Å². The molecule has 2 N–H and O–H groups in total. The van der Waals surface area contributed by atoms with Crippen molar-refractivity contribution in [2.45, 2.75) is 51.4 Å². The molecule has 3 unspecified atom stereocenters. The summed E-state index contributed by atoms with van der Waals surface area (Å²) in [4.78, 5) is 0. The first-order chi connectivity index (χ1) is 7.98. The van der Waals surface area contributed by atoms with Gasteiger partial charge in [-0.3, -0.25) is 0 Å². The molecule has 3 atom stereocenters. The molecule has 2 fully saturated rings. The Morgan fingerprint density at radius 2 is 2.24 bits per heavy atom. The topological polar surface area (TPSA) is 41.5 Å². The van der Waals surface area contributed by atoms with Crippen molar-refractivity contribution in [2.75, 3.05) is 24.7 Å². The molecular formula is C13H25NO2S. The van der Waals surface area contributed by atoms with Crippen molar-refractivity contribution in [3.05, 3.63) is 0 Å². The normalized spacial score (nSPS) is 40.2. The van der Waals surface area contributed by atoms with Gasteiger partial charge in [0, 0.05) is 30.4 Å². The van der Waals surface area contributed by atoms with E-state index >= 15 is 0 Å². The molecule has 0 aromatic heterocycles. The Hall–Kier alpha value is 0.230. The molecule has 1 saturated heterocycles. The van der Waals surface area contributed by atoms with E-state index in [1.54, 1.807) is 0 Å². The number of ether oxygens (including phenoxy) is 1. The van der Waals surface area contributed by atoms with Crippen LogP contribution < -0.4 is 5.32 Å². The van der Waals surface area contributed by atoms with E-state index in [2.05, 4.69) is 26.1 Å². The molecule has 0 amide bonds. The van der Waals surface area contributed by atoms with Gasteiger partial charge in [-0.15, -0.1) is 0 Å². The maximum Gasteiger partial charge on any atom is 0.0869 e. The largest absolute Gasteiger partial charge is 0.388 e. The van der Waals surface area contributed by atoms with E-state index in [-0.39, 0.29) is 5.41 Å². The van der Waals surface area contributed by atoms with Crippen molar-refractivity contribution < 1.29 is 9.84 Å². The fourth-order valence-electron chi connectivity index (χ4n) is 2.76. The molecule has 0 aromatic carbocycles. The van der Waals surface area contributed by atoms with E-state index < -0.39 is 5.60 Å². The third kappa shape index (κ3) is 2.80. The summed E-state index contributed by atoms with van der Waals surface area (Å²) in [5.74, 6) is 1.97. The number of hydrogen-bond donors (Lipinski definition) is 2. The molecule has 0 radical (unpaired) electrons. The van der Waals surface area contributed by atoms with Gasteiger partial charge in [-0.1, -0.05) is 13.8 Å². The SMILES string of the molecule is CCOC1CC(NCC2(O)CCSC2)C1(C)C. The van der Waals surface area contributed by atoms with Crippen LogP contribution in [0.2, 0.25) is 0 Å². The predicted octanol–water partition coefficient (Wildman–Crippen LogP) is 1.65. The highest BCUT2D eigenvalue weighted by molar-refractivity contribution is 7.99. The second kappa shape index (κ2) is 5.08. The summed E-state index contributed by atoms with van der Waals surface area (Å²) >= 11 is 1.85. The smallest absolute Gasteiger partial charge is 0.0869 e. The third-order valence-electron chi connectivity index (χ3n) is 4.31. The monoisotopic (exact) mass is 259 g/mol. The third-order valence-corrected chi connectivity index (χ3v) is 5.54. The highest BCUT2D eigenvalue weighted by Gasteiger charge is 2.49. The van der Waals surface area contributed by atoms with Gasteiger partial charge in [0.05, 0.1) is 11.7 Å². The zero-order valence-electron chi connectivity index (χ0n) is 11.2. The van der Waals surface area contributed by atoms with E-state index in [0.29, 0.717) is 12.1 Å². The number of thioether (sulfide) groups is 1. The molecule has 2 rings (SSSR count). The molecule has 2 aliphatic rings. The molecular weight excluding hydrogens is 234 g/mol. The van der Waals surface area contributed by atoms with Crippen LogP contribution in [0.4, 0.5) is 0 Å². The van der Waals surface area contributed by atoms with Gasteiger partial charge in [0.15, 0.2) is 0 Å². The van der Waals surface area contributed by atoms with Crippen LogP contribution in [0.3, 0.4) is 0 Å². The highest BCUT2D eigenvalue weighted by Crippen LogP contribution is 2.43. The molecule has 1 aliphatic carbocycles. The van der Waals surface area contributed by atoms with Gasteiger partial charge in [0.2, 0.25) is 0 Å². The fourth-order valence-corrected chi connectivity index (χ4v) is 4.06. The Balaban J connectivity index is 1.78. The lowest BCUT2D eigenvalue weighted by molar-refractivity contribution is -0.117. The summed E-state index contributed by atoms with van der Waals surface area (Å²) in [6.07, 6.45) is 2.37. The minimum Gasteiger partial charge on any atom is -0.388 e. The van der Waals surface area contributed by atoms with Crippen LogP contribution in [0.5, 0.6) is 0 Å². The molecule has 1 saturated carbocycles. The summed E-state index contributed by atoms with van der Waals surface area (Å²) in [5, 5.41) is 13.8. The summed E-state index contributed by atoms with van der Waals surface area (Å²) in [5.41, 5.74) is -0.282. The van der Waals surface area contributed by atoms with Crippen molar-refractivity contribution in [1.29, 1.82) is 0 Å². The highest BCUT2D eigenvalue weighted by atomic mass is 32.2. The number of rotatable bonds is 5. The Morgan fingerprint density at radius 1 is 1.47 bits per heavy atom. The van der Waals surface area contributed by atoms with Gasteiger partial charge < -0.3 is 15.2 Å². The molecule has 0 spiro atoms. The van der Waals surface area contributed by atoms with Crippen LogP contribution in [0, 0.1) is 5.41 Å². The van der Waals surface area contributed by atoms with Gasteiger partial charge >= 0.3 is 0 Å². The first-order valence-electron chi connectivity index (χ1n) is 6.63. The van der Waals surface area contributed by atoms with Gasteiger partial charge in [-0.2, -0.15) is 11.8 Å². The van der Waals surface area contributed by atoms with Crippen molar-refractivity contribution in [1.82, 2.24) is 5.32 Å². The number of aliphatic hydroxyl groups is 1. The summed E-state index contributed by atoms with van der Waals surface area (Å²) < 4.78 is 5.71. The second-order valence-corrected chi connectivity index (χ2v) is 7.07. The fraction of sp³-hybridized carbons (Fsp3) is 1.00. The zero-order valence-corrected chi connectivity index (χ0v) is 12.0. The minimum atomic E-state index is -0.475. The molecule has 3 nitrogen and oxygen atoms in total. The van der Waals surface area contributed by atoms with E-state index in [9.17, 15) is 5.11 Å². The van der Waals surface area contributed by atoms with E-state index in [1.807, 2.05) is 11.8 Å². The Morgan fingerprint density at radius 3 is 2.76 bits per heavy atom. The summed E-state index contributed by atoms with van der Waals surface area (Å²) in [7, 11) is 0. The lowest BCUT2D eigenvalue weighted by atomic mass is 9.64. The molecule has 0 aromatic rings. The van der Waals surface area contributed by atoms with Gasteiger partial charge in [0.1, 0.15) is 0 Å².